The van der Waals surface area contributed by atoms with E-state index < -0.39 is 0 Å². The van der Waals surface area contributed by atoms with Gasteiger partial charge in [0.05, 0.1) is 5.25 Å². The van der Waals surface area contributed by atoms with Crippen LogP contribution in [0.15, 0.2) is 0 Å². The number of nitrogens with one attached hydrogen (secondary N) is 1. The van der Waals surface area contributed by atoms with E-state index in [4.69, 9.17) is 0 Å². The van der Waals surface area contributed by atoms with Gasteiger partial charge in [-0.05, 0) is 33.6 Å². The summed E-state index contributed by atoms with van der Waals surface area (Å²) >= 11 is 1.85. The minimum Gasteiger partial charge on any atom is -0.353 e. The number of carbonyl (C=O) groups is 1. The van der Waals surface area contributed by atoms with E-state index in [9.17, 15) is 4.79 Å². The summed E-state index contributed by atoms with van der Waals surface area (Å²) in [7, 11) is 0. The molecule has 1 aliphatic carbocycles. The Morgan fingerprint density at radius 1 is 1.29 bits per heavy atom. The van der Waals surface area contributed by atoms with Crippen molar-refractivity contribution in [3.8, 4) is 0 Å². The molecule has 1 aliphatic rings. The summed E-state index contributed by atoms with van der Waals surface area (Å²) in [6.07, 6.45) is 5.28. The molecule has 1 N–H and O–H groups in total. The van der Waals surface area contributed by atoms with Crippen molar-refractivity contribution in [2.45, 2.75) is 63.0 Å². The summed E-state index contributed by atoms with van der Waals surface area (Å²) < 4.78 is 0. The van der Waals surface area contributed by atoms with Gasteiger partial charge in [-0.25, -0.2) is 0 Å². The van der Waals surface area contributed by atoms with Crippen molar-refractivity contribution in [3.63, 3.8) is 0 Å². The van der Waals surface area contributed by atoms with E-state index in [2.05, 4.69) is 5.32 Å². The van der Waals surface area contributed by atoms with Gasteiger partial charge in [-0.15, -0.1) is 11.8 Å². The monoisotopic (exact) mass is 215 g/mol. The van der Waals surface area contributed by atoms with Crippen LogP contribution in [0.1, 0.15) is 46.5 Å². The Morgan fingerprint density at radius 3 is 2.36 bits per heavy atom. The fourth-order valence-corrected chi connectivity index (χ4v) is 3.15. The quantitative estimate of drug-likeness (QED) is 0.781. The number of rotatable bonds is 4. The molecule has 1 saturated carbocycles. The van der Waals surface area contributed by atoms with E-state index in [-0.39, 0.29) is 17.2 Å². The lowest BCUT2D eigenvalue weighted by Gasteiger charge is -2.17. The lowest BCUT2D eigenvalue weighted by atomic mass is 10.3. The van der Waals surface area contributed by atoms with Gasteiger partial charge in [0.25, 0.3) is 0 Å². The number of thioether (sulfide) groups is 1. The van der Waals surface area contributed by atoms with Gasteiger partial charge < -0.3 is 5.32 Å². The third-order valence-electron chi connectivity index (χ3n) is 2.50. The van der Waals surface area contributed by atoms with E-state index in [0.717, 1.165) is 5.25 Å². The molecule has 2 nitrogen and oxygen atoms in total. The van der Waals surface area contributed by atoms with Gasteiger partial charge in [-0.3, -0.25) is 4.79 Å². The SMILES string of the molecule is CC(C)NC(=O)[C@@H](C)SC1CCCC1. The van der Waals surface area contributed by atoms with Gasteiger partial charge in [-0.1, -0.05) is 12.8 Å². The molecule has 0 bridgehead atoms. The van der Waals surface area contributed by atoms with Gasteiger partial charge in [0.2, 0.25) is 5.91 Å². The Morgan fingerprint density at radius 2 is 1.86 bits per heavy atom. The first kappa shape index (κ1) is 11.9. The molecule has 0 saturated heterocycles. The maximum absolute atomic E-state index is 11.6. The van der Waals surface area contributed by atoms with Crippen LogP contribution in [0.2, 0.25) is 0 Å². The van der Waals surface area contributed by atoms with E-state index >= 15 is 0 Å². The average molecular weight is 215 g/mol. The molecule has 1 amide bonds. The molecule has 0 unspecified atom stereocenters. The summed E-state index contributed by atoms with van der Waals surface area (Å²) in [4.78, 5) is 11.6. The number of carbonyl (C=O) groups excluding carboxylic acids is 1. The molecule has 0 aromatic heterocycles. The maximum Gasteiger partial charge on any atom is 0.233 e. The summed E-state index contributed by atoms with van der Waals surface area (Å²) in [6, 6.07) is 0.258. The van der Waals surface area contributed by atoms with Crippen molar-refractivity contribution in [2.75, 3.05) is 0 Å². The second-order valence-electron chi connectivity index (χ2n) is 4.35. The first-order valence-electron chi connectivity index (χ1n) is 5.55. The number of hydrogen-bond acceptors (Lipinski definition) is 2. The van der Waals surface area contributed by atoms with Crippen molar-refractivity contribution < 1.29 is 4.79 Å². The number of amides is 1. The third kappa shape index (κ3) is 3.91. The Balaban J connectivity index is 2.25. The van der Waals surface area contributed by atoms with Crippen LogP contribution in [0.4, 0.5) is 0 Å². The molecule has 3 heteroatoms. The first-order chi connectivity index (χ1) is 6.59. The molecule has 0 radical (unpaired) electrons. The minimum atomic E-state index is 0.112. The average Bonchev–Trinajstić information content (AvgIpc) is 2.55. The fourth-order valence-electron chi connectivity index (χ4n) is 1.78. The molecule has 0 aromatic carbocycles. The zero-order chi connectivity index (χ0) is 10.6. The zero-order valence-corrected chi connectivity index (χ0v) is 10.2. The highest BCUT2D eigenvalue weighted by Gasteiger charge is 2.22. The van der Waals surface area contributed by atoms with Crippen molar-refractivity contribution >= 4 is 17.7 Å². The van der Waals surface area contributed by atoms with Crippen LogP contribution in [0.5, 0.6) is 0 Å². The Hall–Kier alpha value is -0.180. The molecule has 0 heterocycles. The predicted molar refractivity (Wildman–Crippen MR) is 62.6 cm³/mol. The minimum absolute atomic E-state index is 0.112. The molecular weight excluding hydrogens is 194 g/mol. The molecule has 1 fully saturated rings. The normalized spacial score (nSPS) is 20.0. The Labute approximate surface area is 91.2 Å². The molecule has 0 aliphatic heterocycles. The predicted octanol–water partition coefficient (Wildman–Crippen LogP) is 2.58. The van der Waals surface area contributed by atoms with Crippen LogP contribution in [-0.4, -0.2) is 22.4 Å². The van der Waals surface area contributed by atoms with Gasteiger partial charge in [-0.2, -0.15) is 0 Å². The van der Waals surface area contributed by atoms with Crippen molar-refractivity contribution in [3.05, 3.63) is 0 Å². The lowest BCUT2D eigenvalue weighted by molar-refractivity contribution is -0.120. The maximum atomic E-state index is 11.6. The standard InChI is InChI=1S/C11H21NOS/c1-8(2)12-11(13)9(3)14-10-6-4-5-7-10/h8-10H,4-7H2,1-3H3,(H,12,13)/t9-/m1/s1. The van der Waals surface area contributed by atoms with E-state index in [0.29, 0.717) is 0 Å². The van der Waals surface area contributed by atoms with Crippen molar-refractivity contribution in [1.82, 2.24) is 5.32 Å². The molecule has 82 valence electrons. The first-order valence-corrected chi connectivity index (χ1v) is 6.49. The van der Waals surface area contributed by atoms with Crippen LogP contribution in [0.25, 0.3) is 0 Å². The topological polar surface area (TPSA) is 29.1 Å². The van der Waals surface area contributed by atoms with Gasteiger partial charge in [0.15, 0.2) is 0 Å². The summed E-state index contributed by atoms with van der Waals surface area (Å²) in [5.74, 6) is 0.192. The largest absolute Gasteiger partial charge is 0.353 e. The fraction of sp³-hybridized carbons (Fsp3) is 0.909. The zero-order valence-electron chi connectivity index (χ0n) is 9.38. The third-order valence-corrected chi connectivity index (χ3v) is 3.98. The molecule has 14 heavy (non-hydrogen) atoms. The van der Waals surface area contributed by atoms with Crippen LogP contribution >= 0.6 is 11.8 Å². The smallest absolute Gasteiger partial charge is 0.233 e. The van der Waals surface area contributed by atoms with Gasteiger partial charge in [0, 0.05) is 11.3 Å². The van der Waals surface area contributed by atoms with Gasteiger partial charge in [0.1, 0.15) is 0 Å². The van der Waals surface area contributed by atoms with Crippen LogP contribution in [0, 0.1) is 0 Å². The highest BCUT2D eigenvalue weighted by molar-refractivity contribution is 8.01. The van der Waals surface area contributed by atoms with E-state index in [1.165, 1.54) is 25.7 Å². The Bertz CT molecular complexity index is 188. The van der Waals surface area contributed by atoms with Crippen molar-refractivity contribution in [1.29, 1.82) is 0 Å². The van der Waals surface area contributed by atoms with E-state index in [1.54, 1.807) is 0 Å². The van der Waals surface area contributed by atoms with Crippen LogP contribution < -0.4 is 5.32 Å². The molecule has 0 aromatic rings. The second kappa shape index (κ2) is 5.64. The Kier molecular flexibility index (Phi) is 4.79. The van der Waals surface area contributed by atoms with Crippen LogP contribution in [-0.2, 0) is 4.79 Å². The molecule has 1 atom stereocenters. The summed E-state index contributed by atoms with van der Waals surface area (Å²) in [5, 5.41) is 3.79. The van der Waals surface area contributed by atoms with E-state index in [1.807, 2.05) is 32.5 Å². The summed E-state index contributed by atoms with van der Waals surface area (Å²) in [6.45, 7) is 6.02. The molecule has 1 rings (SSSR count). The summed E-state index contributed by atoms with van der Waals surface area (Å²) in [5.41, 5.74) is 0. The highest BCUT2D eigenvalue weighted by atomic mass is 32.2. The lowest BCUT2D eigenvalue weighted by Crippen LogP contribution is -2.36. The van der Waals surface area contributed by atoms with Gasteiger partial charge >= 0.3 is 0 Å². The number of hydrogen-bond donors (Lipinski definition) is 1. The van der Waals surface area contributed by atoms with Crippen molar-refractivity contribution in [2.24, 2.45) is 0 Å². The van der Waals surface area contributed by atoms with Crippen LogP contribution in [0.3, 0.4) is 0 Å². The molecular formula is C11H21NOS. The molecule has 0 spiro atoms. The highest BCUT2D eigenvalue weighted by Crippen LogP contribution is 2.32. The second-order valence-corrected chi connectivity index (χ2v) is 5.99.